The van der Waals surface area contributed by atoms with Gasteiger partial charge in [0.05, 0.1) is 11.7 Å². The van der Waals surface area contributed by atoms with Gasteiger partial charge in [-0.05, 0) is 44.9 Å². The molecule has 9 nitrogen and oxygen atoms in total. The smallest absolute Gasteiger partial charge is 0.348 e. The number of likely N-dealkylation sites (tertiary alicyclic amines) is 1. The zero-order valence-corrected chi connectivity index (χ0v) is 18.9. The molecule has 0 bridgehead atoms. The normalized spacial score (nSPS) is 15.5. The molecule has 0 spiro atoms. The monoisotopic (exact) mass is 446 g/mol. The van der Waals surface area contributed by atoms with Crippen LogP contribution in [-0.4, -0.2) is 49.8 Å². The highest BCUT2D eigenvalue weighted by atomic mass is 16.2. The van der Waals surface area contributed by atoms with Crippen LogP contribution < -0.4 is 11.0 Å². The second-order valence-corrected chi connectivity index (χ2v) is 8.14. The Morgan fingerprint density at radius 2 is 1.82 bits per heavy atom. The summed E-state index contributed by atoms with van der Waals surface area (Å²) in [4.78, 5) is 51.5. The number of nitrogens with zero attached hydrogens (tertiary/aromatic N) is 5. The fraction of sp³-hybridized carbons (Fsp3) is 0.333. The summed E-state index contributed by atoms with van der Waals surface area (Å²) >= 11 is 0. The van der Waals surface area contributed by atoms with Crippen molar-refractivity contribution in [1.82, 2.24) is 29.7 Å². The van der Waals surface area contributed by atoms with Crippen LogP contribution in [0.5, 0.6) is 0 Å². The van der Waals surface area contributed by atoms with E-state index in [1.165, 1.54) is 4.57 Å². The van der Waals surface area contributed by atoms with Gasteiger partial charge in [0, 0.05) is 48.5 Å². The number of nitrogens with one attached hydrogen (secondary N) is 1. The molecule has 0 radical (unpaired) electrons. The highest BCUT2D eigenvalue weighted by molar-refractivity contribution is 5.92. The molecule has 0 aromatic carbocycles. The standard InChI is InChI=1S/C24H26N6O3/c1-15-11-16(2)30(24(33)28-15)14-22(31)29-10-4-5-21(29)19-8-6-17(12-26-19)18-7-9-20(27-13-18)23(32)25-3/h6-9,11-13,21H,4-5,10,14H2,1-3H3,(H,25,32)/t21-/m0/s1. The van der Waals surface area contributed by atoms with Crippen LogP contribution in [0.3, 0.4) is 0 Å². The van der Waals surface area contributed by atoms with E-state index in [0.717, 1.165) is 35.4 Å². The highest BCUT2D eigenvalue weighted by Crippen LogP contribution is 2.32. The third-order valence-corrected chi connectivity index (χ3v) is 5.90. The van der Waals surface area contributed by atoms with E-state index >= 15 is 0 Å². The average Bonchev–Trinajstić information content (AvgIpc) is 3.31. The quantitative estimate of drug-likeness (QED) is 0.642. The second-order valence-electron chi connectivity index (χ2n) is 8.14. The number of hydrogen-bond donors (Lipinski definition) is 1. The molecular weight excluding hydrogens is 420 g/mol. The number of hydrogen-bond acceptors (Lipinski definition) is 6. The van der Waals surface area contributed by atoms with Crippen molar-refractivity contribution in [2.24, 2.45) is 0 Å². The maximum Gasteiger partial charge on any atom is 0.348 e. The van der Waals surface area contributed by atoms with Crippen LogP contribution in [0.1, 0.15) is 46.5 Å². The van der Waals surface area contributed by atoms with Gasteiger partial charge in [0.2, 0.25) is 5.91 Å². The molecule has 9 heteroatoms. The Hall–Kier alpha value is -3.88. The first kappa shape index (κ1) is 22.3. The summed E-state index contributed by atoms with van der Waals surface area (Å²) < 4.78 is 1.41. The van der Waals surface area contributed by atoms with E-state index < -0.39 is 5.69 Å². The first-order valence-corrected chi connectivity index (χ1v) is 10.9. The first-order chi connectivity index (χ1) is 15.9. The van der Waals surface area contributed by atoms with Gasteiger partial charge >= 0.3 is 5.69 Å². The van der Waals surface area contributed by atoms with Gasteiger partial charge in [0.15, 0.2) is 0 Å². The van der Waals surface area contributed by atoms with Gasteiger partial charge in [-0.25, -0.2) is 4.79 Å². The number of carbonyl (C=O) groups excluding carboxylic acids is 2. The summed E-state index contributed by atoms with van der Waals surface area (Å²) in [5.74, 6) is -0.354. The van der Waals surface area contributed by atoms with Crippen LogP contribution in [0.2, 0.25) is 0 Å². The van der Waals surface area contributed by atoms with Gasteiger partial charge in [-0.1, -0.05) is 12.1 Å². The maximum atomic E-state index is 13.1. The molecule has 1 N–H and O–H groups in total. The molecule has 33 heavy (non-hydrogen) atoms. The van der Waals surface area contributed by atoms with Gasteiger partial charge in [0.25, 0.3) is 5.91 Å². The van der Waals surface area contributed by atoms with E-state index in [2.05, 4.69) is 20.3 Å². The van der Waals surface area contributed by atoms with Crippen LogP contribution in [0.25, 0.3) is 11.1 Å². The minimum Gasteiger partial charge on any atom is -0.354 e. The van der Waals surface area contributed by atoms with Crippen LogP contribution >= 0.6 is 0 Å². The Bertz CT molecular complexity index is 1230. The van der Waals surface area contributed by atoms with Crippen LogP contribution in [0.15, 0.2) is 47.5 Å². The molecule has 1 aliphatic rings. The fourth-order valence-corrected chi connectivity index (χ4v) is 4.17. The Balaban J connectivity index is 1.50. The predicted molar refractivity (Wildman–Crippen MR) is 123 cm³/mol. The van der Waals surface area contributed by atoms with Crippen LogP contribution in [0, 0.1) is 13.8 Å². The van der Waals surface area contributed by atoms with Crippen molar-refractivity contribution in [3.63, 3.8) is 0 Å². The maximum absolute atomic E-state index is 13.1. The first-order valence-electron chi connectivity index (χ1n) is 10.9. The summed E-state index contributed by atoms with van der Waals surface area (Å²) in [5.41, 5.74) is 3.84. The van der Waals surface area contributed by atoms with Gasteiger partial charge in [0.1, 0.15) is 12.2 Å². The van der Waals surface area contributed by atoms with Gasteiger partial charge in [-0.3, -0.25) is 24.1 Å². The molecule has 3 aromatic rings. The highest BCUT2D eigenvalue weighted by Gasteiger charge is 2.31. The number of aromatic nitrogens is 4. The van der Waals surface area contributed by atoms with E-state index in [1.54, 1.807) is 50.3 Å². The lowest BCUT2D eigenvalue weighted by molar-refractivity contribution is -0.133. The van der Waals surface area contributed by atoms with Crippen molar-refractivity contribution in [1.29, 1.82) is 0 Å². The second kappa shape index (κ2) is 9.32. The molecule has 1 aliphatic heterocycles. The van der Waals surface area contributed by atoms with Crippen molar-refractivity contribution < 1.29 is 9.59 Å². The Kier molecular flexibility index (Phi) is 6.30. The number of amides is 2. The molecule has 2 amide bonds. The molecule has 1 saturated heterocycles. The molecule has 170 valence electrons. The third kappa shape index (κ3) is 4.67. The minimum atomic E-state index is -0.407. The van der Waals surface area contributed by atoms with E-state index in [1.807, 2.05) is 18.2 Å². The van der Waals surface area contributed by atoms with Crippen molar-refractivity contribution in [2.45, 2.75) is 39.3 Å². The molecule has 4 rings (SSSR count). The SMILES string of the molecule is CNC(=O)c1ccc(-c2ccc([C@@H]3CCCN3C(=O)Cn3c(C)cc(C)nc3=O)nc2)cn1. The van der Waals surface area contributed by atoms with Gasteiger partial charge < -0.3 is 10.2 Å². The summed E-state index contributed by atoms with van der Waals surface area (Å²) in [6.45, 7) is 4.17. The van der Waals surface area contributed by atoms with Crippen molar-refractivity contribution in [3.05, 3.63) is 76.0 Å². The minimum absolute atomic E-state index is 0.0319. The zero-order chi connectivity index (χ0) is 23.5. The van der Waals surface area contributed by atoms with E-state index in [4.69, 9.17) is 0 Å². The number of rotatable bonds is 5. The summed E-state index contributed by atoms with van der Waals surface area (Å²) in [7, 11) is 1.56. The van der Waals surface area contributed by atoms with Crippen molar-refractivity contribution >= 4 is 11.8 Å². The third-order valence-electron chi connectivity index (χ3n) is 5.90. The summed E-state index contributed by atoms with van der Waals surface area (Å²) in [6, 6.07) is 9.03. The van der Waals surface area contributed by atoms with E-state index in [0.29, 0.717) is 17.9 Å². The van der Waals surface area contributed by atoms with Gasteiger partial charge in [-0.15, -0.1) is 0 Å². The molecule has 3 aromatic heterocycles. The number of pyridine rings is 2. The summed E-state index contributed by atoms with van der Waals surface area (Å²) in [6.07, 6.45) is 5.10. The molecule has 0 unspecified atom stereocenters. The van der Waals surface area contributed by atoms with Crippen molar-refractivity contribution in [2.75, 3.05) is 13.6 Å². The Morgan fingerprint density at radius 1 is 1.09 bits per heavy atom. The molecular formula is C24H26N6O3. The number of aryl methyl sites for hydroxylation is 2. The molecule has 4 heterocycles. The van der Waals surface area contributed by atoms with E-state index in [-0.39, 0.29) is 24.4 Å². The van der Waals surface area contributed by atoms with Crippen LogP contribution in [-0.2, 0) is 11.3 Å². The van der Waals surface area contributed by atoms with Crippen molar-refractivity contribution in [3.8, 4) is 11.1 Å². The number of carbonyl (C=O) groups is 2. The zero-order valence-electron chi connectivity index (χ0n) is 18.9. The lowest BCUT2D eigenvalue weighted by Gasteiger charge is -2.25. The van der Waals surface area contributed by atoms with E-state index in [9.17, 15) is 14.4 Å². The molecule has 0 aliphatic carbocycles. The molecule has 0 saturated carbocycles. The predicted octanol–water partition coefficient (Wildman–Crippen LogP) is 2.04. The van der Waals surface area contributed by atoms with Gasteiger partial charge in [-0.2, -0.15) is 4.98 Å². The lowest BCUT2D eigenvalue weighted by atomic mass is 10.1. The van der Waals surface area contributed by atoms with Crippen LogP contribution in [0.4, 0.5) is 0 Å². The summed E-state index contributed by atoms with van der Waals surface area (Å²) in [5, 5.41) is 2.55. The largest absolute Gasteiger partial charge is 0.354 e. The fourth-order valence-electron chi connectivity index (χ4n) is 4.17. The average molecular weight is 447 g/mol. The molecule has 1 fully saturated rings. The Morgan fingerprint density at radius 3 is 2.42 bits per heavy atom. The lowest BCUT2D eigenvalue weighted by Crippen LogP contribution is -2.37. The Labute approximate surface area is 191 Å². The molecule has 1 atom stereocenters. The topological polar surface area (TPSA) is 110 Å².